The molecule has 1 saturated heterocycles. The molecule has 0 radical (unpaired) electrons. The van der Waals surface area contributed by atoms with Crippen LogP contribution in [-0.4, -0.2) is 40.5 Å². The molecule has 1 amide bonds. The van der Waals surface area contributed by atoms with Crippen LogP contribution < -0.4 is 10.4 Å². The lowest BCUT2D eigenvalue weighted by Crippen LogP contribution is -2.39. The van der Waals surface area contributed by atoms with Gasteiger partial charge in [0.25, 0.3) is 0 Å². The fourth-order valence-corrected chi connectivity index (χ4v) is 5.13. The first-order valence-electron chi connectivity index (χ1n) is 12.5. The third-order valence-electron chi connectivity index (χ3n) is 7.03. The number of aromatic amines is 1. The molecule has 1 aliphatic heterocycles. The molecule has 0 unspecified atom stereocenters. The normalized spacial score (nSPS) is 14.4. The third-order valence-corrected chi connectivity index (χ3v) is 7.33. The molecule has 3 heterocycles. The zero-order valence-electron chi connectivity index (χ0n) is 21.3. The number of benzene rings is 2. The van der Waals surface area contributed by atoms with E-state index in [1.165, 1.54) is 5.56 Å². The number of ether oxygens (including phenoxy) is 1. The minimum Gasteiger partial charge on any atom is -0.488 e. The predicted molar refractivity (Wildman–Crippen MR) is 146 cm³/mol. The molecule has 0 bridgehead atoms. The largest absolute Gasteiger partial charge is 0.488 e. The maximum atomic E-state index is 13.2. The fourth-order valence-electron chi connectivity index (χ4n) is 4.91. The Labute approximate surface area is 220 Å². The molecule has 0 atom stereocenters. The fraction of sp³-hybridized carbons (Fsp3) is 0.345. The van der Waals surface area contributed by atoms with Gasteiger partial charge >= 0.3 is 5.63 Å². The Balaban J connectivity index is 1.29. The van der Waals surface area contributed by atoms with Crippen molar-refractivity contribution < 1.29 is 13.9 Å². The van der Waals surface area contributed by atoms with Crippen LogP contribution in [0.2, 0.25) is 5.02 Å². The van der Waals surface area contributed by atoms with Crippen LogP contribution in [0.4, 0.5) is 0 Å². The molecule has 0 spiro atoms. The quantitative estimate of drug-likeness (QED) is 0.255. The predicted octanol–water partition coefficient (Wildman–Crippen LogP) is 5.84. The van der Waals surface area contributed by atoms with E-state index in [2.05, 4.69) is 30.6 Å². The number of hydrogen-bond donors (Lipinski definition) is 1. The second-order valence-corrected chi connectivity index (χ2v) is 10.4. The van der Waals surface area contributed by atoms with Crippen molar-refractivity contribution in [3.63, 3.8) is 0 Å². The smallest absolute Gasteiger partial charge is 0.340 e. The Morgan fingerprint density at radius 2 is 2.00 bits per heavy atom. The van der Waals surface area contributed by atoms with E-state index in [-0.39, 0.29) is 18.2 Å². The number of aryl methyl sites for hydroxylation is 2. The first-order chi connectivity index (χ1) is 17.7. The summed E-state index contributed by atoms with van der Waals surface area (Å²) in [6.45, 7) is 11.1. The summed E-state index contributed by atoms with van der Waals surface area (Å²) < 4.78 is 11.2. The van der Waals surface area contributed by atoms with Crippen LogP contribution in [0.25, 0.3) is 22.0 Å². The van der Waals surface area contributed by atoms with Gasteiger partial charge in [0.15, 0.2) is 0 Å². The molecular weight excluding hydrogens is 490 g/mol. The topological polar surface area (TPSA) is 88.4 Å². The van der Waals surface area contributed by atoms with Crippen molar-refractivity contribution in [2.45, 2.75) is 46.0 Å². The van der Waals surface area contributed by atoms with Crippen molar-refractivity contribution in [2.24, 2.45) is 0 Å². The molecule has 0 aliphatic carbocycles. The first kappa shape index (κ1) is 25.1. The second kappa shape index (κ2) is 10.1. The number of imidazole rings is 1. The highest BCUT2D eigenvalue weighted by molar-refractivity contribution is 6.32. The van der Waals surface area contributed by atoms with Crippen molar-refractivity contribution in [1.82, 2.24) is 14.9 Å². The van der Waals surface area contributed by atoms with E-state index in [4.69, 9.17) is 25.7 Å². The van der Waals surface area contributed by atoms with Crippen LogP contribution in [0, 0.1) is 13.8 Å². The van der Waals surface area contributed by atoms with Crippen LogP contribution >= 0.6 is 11.6 Å². The van der Waals surface area contributed by atoms with Gasteiger partial charge in [0.05, 0.1) is 28.0 Å². The van der Waals surface area contributed by atoms with Gasteiger partial charge in [-0.2, -0.15) is 0 Å². The van der Waals surface area contributed by atoms with Crippen LogP contribution in [0.15, 0.2) is 51.7 Å². The van der Waals surface area contributed by atoms with E-state index >= 15 is 0 Å². The lowest BCUT2D eigenvalue weighted by molar-refractivity contribution is -0.131. The number of H-pyrrole nitrogens is 1. The summed E-state index contributed by atoms with van der Waals surface area (Å²) in [5.74, 6) is 1.59. The van der Waals surface area contributed by atoms with Crippen LogP contribution in [0.1, 0.15) is 48.2 Å². The van der Waals surface area contributed by atoms with Crippen LogP contribution in [0.5, 0.6) is 5.75 Å². The van der Waals surface area contributed by atoms with E-state index in [0.717, 1.165) is 35.3 Å². The van der Waals surface area contributed by atoms with Gasteiger partial charge in [0.2, 0.25) is 5.91 Å². The van der Waals surface area contributed by atoms with Gasteiger partial charge in [-0.3, -0.25) is 4.79 Å². The first-order valence-corrected chi connectivity index (χ1v) is 12.8. The monoisotopic (exact) mass is 519 g/mol. The number of rotatable bonds is 6. The van der Waals surface area contributed by atoms with E-state index in [9.17, 15) is 9.59 Å². The van der Waals surface area contributed by atoms with E-state index < -0.39 is 5.63 Å². The summed E-state index contributed by atoms with van der Waals surface area (Å²) in [6, 6.07) is 9.53. The molecule has 192 valence electrons. The SMILES string of the molecule is C=C(C)COc1cc2oc(=O)c(CC(=O)N3CCC(c4nc5ccc(C)cc5[nH]4)CC3)c(C)c2cc1Cl. The maximum absolute atomic E-state index is 13.2. The number of nitrogens with zero attached hydrogens (tertiary/aromatic N) is 2. The lowest BCUT2D eigenvalue weighted by Gasteiger charge is -2.31. The zero-order valence-corrected chi connectivity index (χ0v) is 22.1. The molecule has 4 aromatic rings. The molecule has 1 N–H and O–H groups in total. The highest BCUT2D eigenvalue weighted by atomic mass is 35.5. The standard InChI is InChI=1S/C29H30ClN3O4/c1-16(2)15-36-26-14-25-20(12-22(26)30)18(4)21(29(35)37-25)13-27(34)33-9-7-19(8-10-33)28-31-23-6-5-17(3)11-24(23)32-28/h5-6,11-12,14,19H,1,7-10,13,15H2,2-4H3,(H,31,32). The number of piperidine rings is 1. The van der Waals surface area contributed by atoms with Crippen molar-refractivity contribution >= 4 is 39.5 Å². The van der Waals surface area contributed by atoms with Gasteiger partial charge < -0.3 is 19.0 Å². The van der Waals surface area contributed by atoms with Gasteiger partial charge in [-0.15, -0.1) is 0 Å². The number of aromatic nitrogens is 2. The van der Waals surface area contributed by atoms with Gasteiger partial charge in [-0.25, -0.2) is 9.78 Å². The number of halogens is 1. The number of hydrogen-bond acceptors (Lipinski definition) is 5. The van der Waals surface area contributed by atoms with Gasteiger partial charge in [0.1, 0.15) is 23.8 Å². The zero-order chi connectivity index (χ0) is 26.3. The summed E-state index contributed by atoms with van der Waals surface area (Å²) in [6.07, 6.45) is 1.63. The molecule has 1 fully saturated rings. The van der Waals surface area contributed by atoms with Crippen LogP contribution in [-0.2, 0) is 11.2 Å². The highest BCUT2D eigenvalue weighted by Crippen LogP contribution is 2.33. The molecule has 37 heavy (non-hydrogen) atoms. The van der Waals surface area contributed by atoms with Gasteiger partial charge in [-0.1, -0.05) is 24.2 Å². The van der Waals surface area contributed by atoms with E-state index in [1.54, 1.807) is 12.1 Å². The average Bonchev–Trinajstić information content (AvgIpc) is 3.29. The molecule has 8 heteroatoms. The second-order valence-electron chi connectivity index (χ2n) is 9.99. The summed E-state index contributed by atoms with van der Waals surface area (Å²) >= 11 is 6.42. The molecule has 1 aliphatic rings. The molecular formula is C29H30ClN3O4. The summed E-state index contributed by atoms with van der Waals surface area (Å²) in [5, 5.41) is 1.10. The maximum Gasteiger partial charge on any atom is 0.340 e. The number of carbonyl (C=O) groups is 1. The minimum absolute atomic E-state index is 0.00971. The molecule has 7 nitrogen and oxygen atoms in total. The summed E-state index contributed by atoms with van der Waals surface area (Å²) in [5.41, 5.74) is 4.96. The van der Waals surface area contributed by atoms with E-state index in [1.807, 2.05) is 24.8 Å². The van der Waals surface area contributed by atoms with E-state index in [0.29, 0.717) is 52.6 Å². The van der Waals surface area contributed by atoms with Crippen molar-refractivity contribution in [3.05, 3.63) is 80.4 Å². The van der Waals surface area contributed by atoms with Gasteiger partial charge in [-0.05, 0) is 68.5 Å². The third kappa shape index (κ3) is 5.14. The molecule has 0 saturated carbocycles. The number of amides is 1. The Kier molecular flexibility index (Phi) is 6.82. The number of likely N-dealkylation sites (tertiary alicyclic amines) is 1. The molecule has 2 aromatic heterocycles. The Bertz CT molecular complexity index is 1580. The van der Waals surface area contributed by atoms with Crippen molar-refractivity contribution in [1.29, 1.82) is 0 Å². The molecule has 5 rings (SSSR count). The van der Waals surface area contributed by atoms with Gasteiger partial charge in [0, 0.05) is 30.5 Å². The Hall–Kier alpha value is -3.58. The number of nitrogens with one attached hydrogen (secondary N) is 1. The van der Waals surface area contributed by atoms with Crippen LogP contribution in [0.3, 0.4) is 0 Å². The highest BCUT2D eigenvalue weighted by Gasteiger charge is 2.27. The number of carbonyl (C=O) groups excluding carboxylic acids is 1. The lowest BCUT2D eigenvalue weighted by atomic mass is 9.95. The Morgan fingerprint density at radius 3 is 2.73 bits per heavy atom. The summed E-state index contributed by atoms with van der Waals surface area (Å²) in [4.78, 5) is 36.1. The number of fused-ring (bicyclic) bond motifs is 2. The van der Waals surface area contributed by atoms with Crippen molar-refractivity contribution in [2.75, 3.05) is 19.7 Å². The minimum atomic E-state index is -0.515. The Morgan fingerprint density at radius 1 is 1.24 bits per heavy atom. The summed E-state index contributed by atoms with van der Waals surface area (Å²) in [7, 11) is 0. The average molecular weight is 520 g/mol. The van der Waals surface area contributed by atoms with Crippen molar-refractivity contribution in [3.8, 4) is 5.75 Å². The molecule has 2 aromatic carbocycles.